The molecule has 0 spiro atoms. The van der Waals surface area contributed by atoms with Crippen LogP contribution in [-0.2, 0) is 6.54 Å². The molecule has 0 bridgehead atoms. The second-order valence-electron chi connectivity index (χ2n) is 6.38. The number of anilines is 2. The van der Waals surface area contributed by atoms with E-state index in [4.69, 9.17) is 10.5 Å². The molecule has 3 rings (SSSR count). The van der Waals surface area contributed by atoms with Crippen LogP contribution in [0.1, 0.15) is 18.4 Å². The zero-order valence-electron chi connectivity index (χ0n) is 14.4. The highest BCUT2D eigenvalue weighted by Crippen LogP contribution is 2.32. The summed E-state index contributed by atoms with van der Waals surface area (Å²) in [5, 5.41) is 6.49. The number of nitrogens with zero attached hydrogens (tertiary/aromatic N) is 2. The summed E-state index contributed by atoms with van der Waals surface area (Å²) in [6, 6.07) is 13.9. The topological polar surface area (TPSA) is 79.9 Å². The summed E-state index contributed by atoms with van der Waals surface area (Å²) in [6.07, 6.45) is 2.03. The van der Waals surface area contributed by atoms with Gasteiger partial charge in [0.1, 0.15) is 5.75 Å². The molecule has 6 heteroatoms. The van der Waals surface area contributed by atoms with Crippen LogP contribution in [0.5, 0.6) is 5.75 Å². The Morgan fingerprint density at radius 1 is 1.20 bits per heavy atom. The third kappa shape index (κ3) is 4.28. The lowest BCUT2D eigenvalue weighted by Crippen LogP contribution is -2.38. The van der Waals surface area contributed by atoms with Crippen molar-refractivity contribution in [2.24, 2.45) is 5.18 Å². The molecule has 1 aliphatic rings. The molecule has 6 nitrogen and oxygen atoms in total. The van der Waals surface area contributed by atoms with Crippen LogP contribution in [0.15, 0.2) is 47.6 Å². The molecule has 2 aromatic carbocycles. The molecule has 0 aromatic heterocycles. The third-order valence-electron chi connectivity index (χ3n) is 4.67. The van der Waals surface area contributed by atoms with E-state index in [0.717, 1.165) is 43.9 Å². The van der Waals surface area contributed by atoms with Gasteiger partial charge in [-0.3, -0.25) is 4.90 Å². The van der Waals surface area contributed by atoms with Crippen molar-refractivity contribution in [3.8, 4) is 5.75 Å². The smallest absolute Gasteiger partial charge is 0.153 e. The fraction of sp³-hybridized carbons (Fsp3) is 0.368. The number of hydrogen-bond donors (Lipinski definition) is 2. The maximum atomic E-state index is 11.0. The maximum absolute atomic E-state index is 11.0. The van der Waals surface area contributed by atoms with E-state index in [1.807, 2.05) is 24.3 Å². The number of nitrogens with two attached hydrogens (primary N) is 1. The van der Waals surface area contributed by atoms with Crippen LogP contribution in [0.4, 0.5) is 17.1 Å². The molecule has 0 unspecified atom stereocenters. The molecular weight excluding hydrogens is 316 g/mol. The first kappa shape index (κ1) is 17.2. The average molecular weight is 340 g/mol. The molecule has 0 radical (unpaired) electrons. The number of rotatable bonds is 6. The van der Waals surface area contributed by atoms with Crippen LogP contribution in [0.3, 0.4) is 0 Å². The van der Waals surface area contributed by atoms with Gasteiger partial charge in [-0.05, 0) is 47.8 Å². The lowest BCUT2D eigenvalue weighted by molar-refractivity contribution is 0.211. The van der Waals surface area contributed by atoms with Crippen LogP contribution < -0.4 is 15.8 Å². The summed E-state index contributed by atoms with van der Waals surface area (Å²) in [7, 11) is 1.68. The molecule has 2 aromatic rings. The fourth-order valence-corrected chi connectivity index (χ4v) is 3.22. The average Bonchev–Trinajstić information content (AvgIpc) is 2.64. The molecule has 1 saturated heterocycles. The minimum absolute atomic E-state index is 0.308. The summed E-state index contributed by atoms with van der Waals surface area (Å²) in [6.45, 7) is 2.96. The van der Waals surface area contributed by atoms with Crippen LogP contribution in [0, 0.1) is 4.91 Å². The molecule has 3 N–H and O–H groups in total. The Morgan fingerprint density at radius 2 is 1.92 bits per heavy atom. The van der Waals surface area contributed by atoms with Gasteiger partial charge in [0, 0.05) is 25.7 Å². The van der Waals surface area contributed by atoms with Crippen LogP contribution in [0.25, 0.3) is 0 Å². The first-order chi connectivity index (χ1) is 12.2. The molecule has 0 amide bonds. The van der Waals surface area contributed by atoms with E-state index in [1.54, 1.807) is 13.2 Å². The maximum Gasteiger partial charge on any atom is 0.153 e. The minimum atomic E-state index is 0.308. The molecule has 25 heavy (non-hydrogen) atoms. The van der Waals surface area contributed by atoms with Crippen molar-refractivity contribution in [1.82, 2.24) is 4.90 Å². The van der Waals surface area contributed by atoms with E-state index in [-0.39, 0.29) is 0 Å². The highest BCUT2D eigenvalue weighted by molar-refractivity contribution is 5.78. The summed E-state index contributed by atoms with van der Waals surface area (Å²) in [4.78, 5) is 13.4. The molecule has 0 atom stereocenters. The normalized spacial score (nSPS) is 15.7. The Balaban J connectivity index is 1.53. The number of nitrogens with one attached hydrogen (secondary N) is 1. The van der Waals surface area contributed by atoms with Gasteiger partial charge in [-0.1, -0.05) is 18.2 Å². The van der Waals surface area contributed by atoms with Gasteiger partial charge >= 0.3 is 0 Å². The largest absolute Gasteiger partial charge is 0.497 e. The molecule has 1 heterocycles. The summed E-state index contributed by atoms with van der Waals surface area (Å²) in [5.74, 6) is 0.883. The number of likely N-dealkylation sites (tertiary alicyclic amines) is 1. The van der Waals surface area contributed by atoms with Gasteiger partial charge in [-0.25, -0.2) is 0 Å². The van der Waals surface area contributed by atoms with Crippen molar-refractivity contribution >= 4 is 17.1 Å². The van der Waals surface area contributed by atoms with Gasteiger partial charge in [-0.2, -0.15) is 0 Å². The third-order valence-corrected chi connectivity index (χ3v) is 4.67. The SMILES string of the molecule is COc1ccc(CN2CCC(Nc3cccc(N)c3N=O)CC2)cc1. The number of methoxy groups -OCH3 is 1. The Kier molecular flexibility index (Phi) is 5.50. The molecule has 1 fully saturated rings. The number of piperidine rings is 1. The number of nitroso groups, excluding NO2 is 1. The molecule has 0 aliphatic carbocycles. The zero-order valence-corrected chi connectivity index (χ0v) is 14.4. The first-order valence-corrected chi connectivity index (χ1v) is 8.53. The standard InChI is InChI=1S/C19H24N4O2/c1-25-16-7-5-14(6-8-16)13-23-11-9-15(10-12-23)21-18-4-2-3-17(20)19(18)22-24/h2-8,15,21H,9-13,20H2,1H3. The Hall–Kier alpha value is -2.60. The quantitative estimate of drug-likeness (QED) is 0.618. The van der Waals surface area contributed by atoms with Crippen molar-refractivity contribution in [1.29, 1.82) is 0 Å². The van der Waals surface area contributed by atoms with Crippen LogP contribution in [-0.4, -0.2) is 31.1 Å². The first-order valence-electron chi connectivity index (χ1n) is 8.53. The van der Waals surface area contributed by atoms with E-state index < -0.39 is 0 Å². The van der Waals surface area contributed by atoms with Crippen LogP contribution in [0.2, 0.25) is 0 Å². The van der Waals surface area contributed by atoms with Crippen molar-refractivity contribution in [3.05, 3.63) is 52.9 Å². The number of benzene rings is 2. The van der Waals surface area contributed by atoms with E-state index in [0.29, 0.717) is 17.4 Å². The highest BCUT2D eigenvalue weighted by Gasteiger charge is 2.20. The zero-order chi connectivity index (χ0) is 17.6. The summed E-state index contributed by atoms with van der Waals surface area (Å²) >= 11 is 0. The second-order valence-corrected chi connectivity index (χ2v) is 6.38. The van der Waals surface area contributed by atoms with Gasteiger partial charge in [0.15, 0.2) is 5.69 Å². The van der Waals surface area contributed by atoms with E-state index in [2.05, 4.69) is 27.5 Å². The van der Waals surface area contributed by atoms with Gasteiger partial charge in [0.05, 0.1) is 18.5 Å². The van der Waals surface area contributed by atoms with Gasteiger partial charge in [0.25, 0.3) is 0 Å². The Bertz CT molecular complexity index is 710. The van der Waals surface area contributed by atoms with E-state index in [1.165, 1.54) is 5.56 Å². The second kappa shape index (κ2) is 7.98. The molecule has 0 saturated carbocycles. The number of ether oxygens (including phenoxy) is 1. The molecule has 1 aliphatic heterocycles. The molecule has 132 valence electrons. The lowest BCUT2D eigenvalue weighted by Gasteiger charge is -2.33. The van der Waals surface area contributed by atoms with Gasteiger partial charge < -0.3 is 15.8 Å². The predicted molar refractivity (Wildman–Crippen MR) is 101 cm³/mol. The summed E-state index contributed by atoms with van der Waals surface area (Å²) < 4.78 is 5.20. The minimum Gasteiger partial charge on any atom is -0.497 e. The number of hydrogen-bond acceptors (Lipinski definition) is 6. The van der Waals surface area contributed by atoms with Gasteiger partial charge in [0.2, 0.25) is 0 Å². The highest BCUT2D eigenvalue weighted by atomic mass is 16.5. The van der Waals surface area contributed by atoms with Crippen LogP contribution >= 0.6 is 0 Å². The predicted octanol–water partition coefficient (Wildman–Crippen LogP) is 3.75. The van der Waals surface area contributed by atoms with E-state index in [9.17, 15) is 4.91 Å². The molecular formula is C19H24N4O2. The van der Waals surface area contributed by atoms with Crippen molar-refractivity contribution in [3.63, 3.8) is 0 Å². The Labute approximate surface area is 147 Å². The summed E-state index contributed by atoms with van der Waals surface area (Å²) in [5.41, 5.74) is 8.55. The van der Waals surface area contributed by atoms with Crippen molar-refractivity contribution in [2.75, 3.05) is 31.2 Å². The van der Waals surface area contributed by atoms with Crippen molar-refractivity contribution < 1.29 is 4.74 Å². The lowest BCUT2D eigenvalue weighted by atomic mass is 10.0. The Morgan fingerprint density at radius 3 is 2.56 bits per heavy atom. The van der Waals surface area contributed by atoms with Crippen molar-refractivity contribution in [2.45, 2.75) is 25.4 Å². The number of nitrogen functional groups attached to an aromatic ring is 1. The fourth-order valence-electron chi connectivity index (χ4n) is 3.22. The monoisotopic (exact) mass is 340 g/mol. The van der Waals surface area contributed by atoms with E-state index >= 15 is 0 Å². The van der Waals surface area contributed by atoms with Gasteiger partial charge in [-0.15, -0.1) is 4.91 Å².